The van der Waals surface area contributed by atoms with Gasteiger partial charge < -0.3 is 4.48 Å². The Kier molecular flexibility index (Phi) is 4.25. The van der Waals surface area contributed by atoms with Gasteiger partial charge in [0.15, 0.2) is 0 Å². The van der Waals surface area contributed by atoms with Crippen LogP contribution in [0.15, 0.2) is 0 Å². The average molecular weight is 172 g/mol. The molecule has 0 saturated carbocycles. The molecule has 0 rings (SSSR count). The van der Waals surface area contributed by atoms with Crippen LogP contribution in [-0.2, 0) is 0 Å². The molecule has 74 valence electrons. The molecule has 0 amide bonds. The monoisotopic (exact) mass is 172 g/mol. The number of quaternary nitrogens is 1. The molecule has 0 heterocycles. The topological polar surface area (TPSA) is 0 Å². The van der Waals surface area contributed by atoms with E-state index >= 15 is 0 Å². The van der Waals surface area contributed by atoms with E-state index < -0.39 is 0 Å². The Labute approximate surface area is 78.4 Å². The molecule has 0 aliphatic rings. The third-order valence-corrected chi connectivity index (χ3v) is 3.21. The fourth-order valence-corrected chi connectivity index (χ4v) is 0.940. The predicted molar refractivity (Wildman–Crippen MR) is 56.2 cm³/mol. The minimum absolute atomic E-state index is 0.532. The molecule has 0 saturated heterocycles. The van der Waals surface area contributed by atoms with Gasteiger partial charge in [0, 0.05) is 6.42 Å². The Morgan fingerprint density at radius 1 is 1.08 bits per heavy atom. The normalized spacial score (nSPS) is 13.5. The maximum Gasteiger partial charge on any atom is 0.0787 e. The fraction of sp³-hybridized carbons (Fsp3) is 1.00. The molecule has 0 N–H and O–H groups in total. The van der Waals surface area contributed by atoms with Crippen molar-refractivity contribution in [3.63, 3.8) is 0 Å². The molecule has 0 fully saturated rings. The smallest absolute Gasteiger partial charge is 0.0787 e. The van der Waals surface area contributed by atoms with Crippen LogP contribution in [0.1, 0.15) is 40.5 Å². The van der Waals surface area contributed by atoms with E-state index in [-0.39, 0.29) is 0 Å². The van der Waals surface area contributed by atoms with E-state index in [0.717, 1.165) is 4.48 Å². The molecule has 0 radical (unpaired) electrons. The van der Waals surface area contributed by atoms with Gasteiger partial charge in [-0.2, -0.15) is 0 Å². The number of hydrogen-bond acceptors (Lipinski definition) is 0. The van der Waals surface area contributed by atoms with Crippen molar-refractivity contribution in [3.8, 4) is 0 Å². The van der Waals surface area contributed by atoms with Gasteiger partial charge in [-0.3, -0.25) is 0 Å². The van der Waals surface area contributed by atoms with Crippen molar-refractivity contribution in [2.45, 2.75) is 40.5 Å². The summed E-state index contributed by atoms with van der Waals surface area (Å²) < 4.78 is 1.16. The van der Waals surface area contributed by atoms with Crippen molar-refractivity contribution in [1.82, 2.24) is 0 Å². The van der Waals surface area contributed by atoms with Gasteiger partial charge in [-0.25, -0.2) is 0 Å². The van der Waals surface area contributed by atoms with Crippen LogP contribution < -0.4 is 0 Å². The Hall–Kier alpha value is -0.0400. The van der Waals surface area contributed by atoms with Crippen molar-refractivity contribution >= 4 is 0 Å². The van der Waals surface area contributed by atoms with Crippen LogP contribution in [0, 0.1) is 5.41 Å². The lowest BCUT2D eigenvalue weighted by Gasteiger charge is -2.32. The summed E-state index contributed by atoms with van der Waals surface area (Å²) in [6, 6.07) is 0. The van der Waals surface area contributed by atoms with Gasteiger partial charge in [-0.15, -0.1) is 0 Å². The molecular weight excluding hydrogens is 146 g/mol. The van der Waals surface area contributed by atoms with Crippen molar-refractivity contribution in [2.75, 3.05) is 27.2 Å². The zero-order chi connectivity index (χ0) is 9.83. The molecule has 0 bridgehead atoms. The average Bonchev–Trinajstić information content (AvgIpc) is 2.02. The molecule has 0 aromatic carbocycles. The number of hydrogen-bond donors (Lipinski definition) is 0. The first kappa shape index (κ1) is 12.0. The molecular formula is C11H26N+. The van der Waals surface area contributed by atoms with Crippen LogP contribution in [0.25, 0.3) is 0 Å². The Morgan fingerprint density at radius 3 is 1.92 bits per heavy atom. The van der Waals surface area contributed by atoms with E-state index in [1.54, 1.807) is 0 Å². The van der Waals surface area contributed by atoms with Crippen molar-refractivity contribution in [1.29, 1.82) is 0 Å². The van der Waals surface area contributed by atoms with E-state index in [0.29, 0.717) is 5.41 Å². The molecule has 1 heteroatoms. The van der Waals surface area contributed by atoms with E-state index in [4.69, 9.17) is 0 Å². The first-order chi connectivity index (χ1) is 5.33. The quantitative estimate of drug-likeness (QED) is 0.559. The largest absolute Gasteiger partial charge is 0.329 e. The second-order valence-electron chi connectivity index (χ2n) is 5.24. The summed E-state index contributed by atoms with van der Waals surface area (Å²) >= 11 is 0. The second kappa shape index (κ2) is 4.27. The minimum Gasteiger partial charge on any atom is -0.329 e. The minimum atomic E-state index is 0.532. The van der Waals surface area contributed by atoms with E-state index in [2.05, 4.69) is 41.8 Å². The van der Waals surface area contributed by atoms with Gasteiger partial charge in [-0.05, 0) is 12.3 Å². The summed E-state index contributed by atoms with van der Waals surface area (Å²) in [7, 11) is 4.62. The maximum atomic E-state index is 2.36. The first-order valence-corrected chi connectivity index (χ1v) is 5.15. The molecule has 0 aromatic rings. The van der Waals surface area contributed by atoms with Crippen LogP contribution in [0.5, 0.6) is 0 Å². The highest BCUT2D eigenvalue weighted by Gasteiger charge is 2.20. The van der Waals surface area contributed by atoms with Gasteiger partial charge in [0.2, 0.25) is 0 Å². The molecule has 0 aliphatic heterocycles. The van der Waals surface area contributed by atoms with Crippen LogP contribution in [-0.4, -0.2) is 31.7 Å². The highest BCUT2D eigenvalue weighted by atomic mass is 15.3. The lowest BCUT2D eigenvalue weighted by atomic mass is 9.86. The maximum absolute atomic E-state index is 2.36. The van der Waals surface area contributed by atoms with Crippen molar-refractivity contribution in [3.05, 3.63) is 0 Å². The van der Waals surface area contributed by atoms with Gasteiger partial charge in [-0.1, -0.05) is 27.2 Å². The highest BCUT2D eigenvalue weighted by Crippen LogP contribution is 2.25. The Bertz CT molecular complexity index is 109. The molecule has 0 unspecified atom stereocenters. The SMILES string of the molecule is CCC(C)(C)CC[N+](C)(C)CC. The van der Waals surface area contributed by atoms with Gasteiger partial charge in [0.25, 0.3) is 0 Å². The van der Waals surface area contributed by atoms with Gasteiger partial charge in [0.1, 0.15) is 0 Å². The summed E-state index contributed by atoms with van der Waals surface area (Å²) in [6.07, 6.45) is 2.63. The first-order valence-electron chi connectivity index (χ1n) is 5.15. The summed E-state index contributed by atoms with van der Waals surface area (Å²) in [6.45, 7) is 11.8. The highest BCUT2D eigenvalue weighted by molar-refractivity contribution is 4.65. The zero-order valence-electron chi connectivity index (χ0n) is 9.78. The van der Waals surface area contributed by atoms with Crippen molar-refractivity contribution < 1.29 is 4.48 Å². The van der Waals surface area contributed by atoms with Crippen LogP contribution in [0.2, 0.25) is 0 Å². The molecule has 0 spiro atoms. The van der Waals surface area contributed by atoms with Crippen LogP contribution in [0.3, 0.4) is 0 Å². The summed E-state index contributed by atoms with van der Waals surface area (Å²) in [5.41, 5.74) is 0.532. The Morgan fingerprint density at radius 2 is 1.58 bits per heavy atom. The second-order valence-corrected chi connectivity index (χ2v) is 5.24. The summed E-state index contributed by atoms with van der Waals surface area (Å²) in [5.74, 6) is 0. The molecule has 12 heavy (non-hydrogen) atoms. The van der Waals surface area contributed by atoms with E-state index in [1.165, 1.54) is 25.9 Å². The molecule has 1 nitrogen and oxygen atoms in total. The third kappa shape index (κ3) is 4.76. The van der Waals surface area contributed by atoms with Gasteiger partial charge in [0.05, 0.1) is 27.2 Å². The van der Waals surface area contributed by atoms with E-state index in [9.17, 15) is 0 Å². The third-order valence-electron chi connectivity index (χ3n) is 3.21. The number of nitrogens with zero attached hydrogens (tertiary/aromatic N) is 1. The Balaban J connectivity index is 3.82. The van der Waals surface area contributed by atoms with Crippen LogP contribution >= 0.6 is 0 Å². The fourth-order valence-electron chi connectivity index (χ4n) is 0.940. The lowest BCUT2D eigenvalue weighted by Crippen LogP contribution is -2.41. The number of rotatable bonds is 5. The summed E-state index contributed by atoms with van der Waals surface area (Å²) in [5, 5.41) is 0. The lowest BCUT2D eigenvalue weighted by molar-refractivity contribution is -0.889. The van der Waals surface area contributed by atoms with Gasteiger partial charge >= 0.3 is 0 Å². The standard InChI is InChI=1S/C11H26N/c1-7-11(3,4)9-10-12(5,6)8-2/h7-10H2,1-6H3/q+1. The molecule has 0 aliphatic carbocycles. The zero-order valence-corrected chi connectivity index (χ0v) is 9.78. The van der Waals surface area contributed by atoms with Crippen LogP contribution in [0.4, 0.5) is 0 Å². The summed E-state index contributed by atoms with van der Waals surface area (Å²) in [4.78, 5) is 0. The van der Waals surface area contributed by atoms with E-state index in [1.807, 2.05) is 0 Å². The predicted octanol–water partition coefficient (Wildman–Crippen LogP) is 2.91. The molecule has 0 aromatic heterocycles. The molecule has 0 atom stereocenters. The van der Waals surface area contributed by atoms with Crippen molar-refractivity contribution in [2.24, 2.45) is 5.41 Å².